The van der Waals surface area contributed by atoms with Crippen molar-refractivity contribution < 1.29 is 18.8 Å². The molecule has 0 saturated carbocycles. The Balaban J connectivity index is 1.67. The van der Waals surface area contributed by atoms with Crippen molar-refractivity contribution in [2.75, 3.05) is 31.5 Å². The molecular weight excluding hydrogens is 349 g/mol. The van der Waals surface area contributed by atoms with E-state index in [9.17, 15) is 18.8 Å². The van der Waals surface area contributed by atoms with Crippen molar-refractivity contribution in [2.24, 2.45) is 0 Å². The van der Waals surface area contributed by atoms with Crippen molar-refractivity contribution in [1.82, 2.24) is 9.80 Å². The molecule has 3 rings (SSSR count). The molecule has 1 aliphatic rings. The van der Waals surface area contributed by atoms with Crippen molar-refractivity contribution in [3.63, 3.8) is 0 Å². The van der Waals surface area contributed by atoms with Gasteiger partial charge in [0.2, 0.25) is 5.91 Å². The molecule has 27 heavy (non-hydrogen) atoms. The number of benzene rings is 2. The van der Waals surface area contributed by atoms with E-state index in [0.29, 0.717) is 43.0 Å². The molecule has 0 atom stereocenters. The fraction of sp³-hybridized carbons (Fsp3) is 0.250. The van der Waals surface area contributed by atoms with E-state index < -0.39 is 0 Å². The van der Waals surface area contributed by atoms with Gasteiger partial charge in [-0.1, -0.05) is 6.07 Å². The lowest BCUT2D eigenvalue weighted by Crippen LogP contribution is -2.50. The molecule has 7 heteroatoms. The number of rotatable bonds is 3. The maximum atomic E-state index is 13.0. The van der Waals surface area contributed by atoms with Crippen molar-refractivity contribution in [1.29, 1.82) is 0 Å². The first-order valence-corrected chi connectivity index (χ1v) is 8.66. The quantitative estimate of drug-likeness (QED) is 0.903. The summed E-state index contributed by atoms with van der Waals surface area (Å²) in [5.41, 5.74) is 1.23. The van der Waals surface area contributed by atoms with Crippen molar-refractivity contribution >= 4 is 23.4 Å². The summed E-state index contributed by atoms with van der Waals surface area (Å²) in [5, 5.41) is 2.67. The standard InChI is InChI=1S/C20H20FN3O3/c1-14(25)23-9-11-24(12-10-23)20(27)16-4-2-3-15(13-16)19(26)22-18-7-5-17(21)6-8-18/h2-8,13H,9-12H2,1H3,(H,22,26). The van der Waals surface area contributed by atoms with Crippen molar-refractivity contribution in [3.8, 4) is 0 Å². The van der Waals surface area contributed by atoms with Crippen LogP contribution in [0.4, 0.5) is 10.1 Å². The molecule has 1 fully saturated rings. The van der Waals surface area contributed by atoms with Crippen LogP contribution in [-0.2, 0) is 4.79 Å². The van der Waals surface area contributed by atoms with E-state index in [2.05, 4.69) is 5.32 Å². The van der Waals surface area contributed by atoms with Crippen LogP contribution < -0.4 is 5.32 Å². The van der Waals surface area contributed by atoms with Crippen LogP contribution in [0.15, 0.2) is 48.5 Å². The van der Waals surface area contributed by atoms with Crippen LogP contribution in [0.25, 0.3) is 0 Å². The topological polar surface area (TPSA) is 69.7 Å². The molecule has 6 nitrogen and oxygen atoms in total. The minimum Gasteiger partial charge on any atom is -0.339 e. The van der Waals surface area contributed by atoms with E-state index in [-0.39, 0.29) is 23.5 Å². The maximum Gasteiger partial charge on any atom is 0.255 e. The second-order valence-corrected chi connectivity index (χ2v) is 6.34. The summed E-state index contributed by atoms with van der Waals surface area (Å²) in [4.78, 5) is 39.9. The molecule has 1 saturated heterocycles. The van der Waals surface area contributed by atoms with Gasteiger partial charge in [-0.3, -0.25) is 14.4 Å². The summed E-state index contributed by atoms with van der Waals surface area (Å²) in [7, 11) is 0. The number of amides is 3. The van der Waals surface area contributed by atoms with Crippen LogP contribution in [0.2, 0.25) is 0 Å². The second kappa shape index (κ2) is 7.99. The Morgan fingerprint density at radius 2 is 1.48 bits per heavy atom. The highest BCUT2D eigenvalue weighted by Crippen LogP contribution is 2.14. The van der Waals surface area contributed by atoms with Gasteiger partial charge >= 0.3 is 0 Å². The molecule has 0 aromatic heterocycles. The predicted molar refractivity (Wildman–Crippen MR) is 99.0 cm³/mol. The Hall–Kier alpha value is -3.22. The Kier molecular flexibility index (Phi) is 5.49. The lowest BCUT2D eigenvalue weighted by Gasteiger charge is -2.34. The normalized spacial score (nSPS) is 14.0. The van der Waals surface area contributed by atoms with Crippen LogP contribution in [-0.4, -0.2) is 53.7 Å². The summed E-state index contributed by atoms with van der Waals surface area (Å²) in [6.45, 7) is 3.45. The Labute approximate surface area is 156 Å². The summed E-state index contributed by atoms with van der Waals surface area (Å²) in [6, 6.07) is 11.9. The van der Waals surface area contributed by atoms with Gasteiger partial charge in [-0.15, -0.1) is 0 Å². The summed E-state index contributed by atoms with van der Waals surface area (Å²) < 4.78 is 13.0. The lowest BCUT2D eigenvalue weighted by molar-refractivity contribution is -0.130. The minimum absolute atomic E-state index is 0.00145. The Morgan fingerprint density at radius 3 is 2.11 bits per heavy atom. The molecular formula is C20H20FN3O3. The molecule has 2 aromatic rings. The minimum atomic E-state index is -0.384. The second-order valence-electron chi connectivity index (χ2n) is 6.34. The molecule has 140 valence electrons. The Bertz CT molecular complexity index is 859. The molecule has 1 heterocycles. The number of carbonyl (C=O) groups is 3. The average Bonchev–Trinajstić information content (AvgIpc) is 2.69. The van der Waals surface area contributed by atoms with Gasteiger partial charge in [0.25, 0.3) is 11.8 Å². The molecule has 1 N–H and O–H groups in total. The van der Waals surface area contributed by atoms with Crippen LogP contribution in [0, 0.1) is 5.82 Å². The number of carbonyl (C=O) groups excluding carboxylic acids is 3. The fourth-order valence-corrected chi connectivity index (χ4v) is 2.94. The SMILES string of the molecule is CC(=O)N1CCN(C(=O)c2cccc(C(=O)Nc3ccc(F)cc3)c2)CC1. The van der Waals surface area contributed by atoms with Crippen LogP contribution in [0.1, 0.15) is 27.6 Å². The Morgan fingerprint density at radius 1 is 0.889 bits per heavy atom. The zero-order valence-electron chi connectivity index (χ0n) is 14.9. The van der Waals surface area contributed by atoms with E-state index in [0.717, 1.165) is 0 Å². The number of hydrogen-bond acceptors (Lipinski definition) is 3. The third kappa shape index (κ3) is 4.49. The van der Waals surface area contributed by atoms with Gasteiger partial charge < -0.3 is 15.1 Å². The van der Waals surface area contributed by atoms with Crippen molar-refractivity contribution in [3.05, 3.63) is 65.5 Å². The highest BCUT2D eigenvalue weighted by atomic mass is 19.1. The highest BCUT2D eigenvalue weighted by Gasteiger charge is 2.23. The molecule has 0 spiro atoms. The van der Waals surface area contributed by atoms with E-state index in [4.69, 9.17) is 0 Å². The fourth-order valence-electron chi connectivity index (χ4n) is 2.94. The molecule has 0 bridgehead atoms. The largest absolute Gasteiger partial charge is 0.339 e. The number of piperazine rings is 1. The van der Waals surface area contributed by atoms with Gasteiger partial charge in [0.1, 0.15) is 5.82 Å². The molecule has 0 radical (unpaired) electrons. The van der Waals surface area contributed by atoms with Gasteiger partial charge in [0.15, 0.2) is 0 Å². The zero-order chi connectivity index (χ0) is 19.4. The molecule has 3 amide bonds. The van der Waals surface area contributed by atoms with Crippen LogP contribution >= 0.6 is 0 Å². The van der Waals surface area contributed by atoms with Gasteiger partial charge in [-0.05, 0) is 42.5 Å². The summed E-state index contributed by atoms with van der Waals surface area (Å²) in [6.07, 6.45) is 0. The summed E-state index contributed by atoms with van der Waals surface area (Å²) >= 11 is 0. The predicted octanol–water partition coefficient (Wildman–Crippen LogP) is 2.38. The number of nitrogens with zero attached hydrogens (tertiary/aromatic N) is 2. The number of nitrogens with one attached hydrogen (secondary N) is 1. The average molecular weight is 369 g/mol. The highest BCUT2D eigenvalue weighted by molar-refractivity contribution is 6.06. The zero-order valence-corrected chi connectivity index (χ0v) is 14.9. The summed E-state index contributed by atoms with van der Waals surface area (Å²) in [5.74, 6) is -0.931. The van der Waals surface area contributed by atoms with Crippen LogP contribution in [0.3, 0.4) is 0 Å². The number of anilines is 1. The van der Waals surface area contributed by atoms with Gasteiger partial charge in [0.05, 0.1) is 0 Å². The van der Waals surface area contributed by atoms with E-state index in [1.54, 1.807) is 34.1 Å². The van der Waals surface area contributed by atoms with Gasteiger partial charge in [-0.25, -0.2) is 4.39 Å². The van der Waals surface area contributed by atoms with E-state index >= 15 is 0 Å². The molecule has 1 aliphatic heterocycles. The van der Waals surface area contributed by atoms with E-state index in [1.165, 1.54) is 31.2 Å². The first-order valence-electron chi connectivity index (χ1n) is 8.66. The monoisotopic (exact) mass is 369 g/mol. The first-order chi connectivity index (χ1) is 12.9. The lowest BCUT2D eigenvalue weighted by atomic mass is 10.1. The van der Waals surface area contributed by atoms with Gasteiger partial charge in [0, 0.05) is 49.9 Å². The van der Waals surface area contributed by atoms with Crippen LogP contribution in [0.5, 0.6) is 0 Å². The van der Waals surface area contributed by atoms with Gasteiger partial charge in [-0.2, -0.15) is 0 Å². The molecule has 0 unspecified atom stereocenters. The van der Waals surface area contributed by atoms with Crippen molar-refractivity contribution in [2.45, 2.75) is 6.92 Å². The smallest absolute Gasteiger partial charge is 0.255 e. The van der Waals surface area contributed by atoms with E-state index in [1.807, 2.05) is 0 Å². The number of halogens is 1. The third-order valence-electron chi connectivity index (χ3n) is 4.49. The molecule has 0 aliphatic carbocycles. The third-order valence-corrected chi connectivity index (χ3v) is 4.49. The first kappa shape index (κ1) is 18.6. The maximum absolute atomic E-state index is 13.0. The molecule has 2 aromatic carbocycles. The number of hydrogen-bond donors (Lipinski definition) is 1.